The van der Waals surface area contributed by atoms with Crippen molar-refractivity contribution in [3.05, 3.63) is 35.9 Å². The number of amides is 1. The van der Waals surface area contributed by atoms with Crippen LogP contribution in [0.4, 0.5) is 13.2 Å². The molecule has 1 N–H and O–H groups in total. The summed E-state index contributed by atoms with van der Waals surface area (Å²) in [4.78, 5) is 11.8. The van der Waals surface area contributed by atoms with E-state index in [1.807, 2.05) is 0 Å². The van der Waals surface area contributed by atoms with Crippen molar-refractivity contribution in [2.75, 3.05) is 0 Å². The Morgan fingerprint density at radius 2 is 1.77 bits per heavy atom. The highest BCUT2D eigenvalue weighted by atomic mass is 19.4. The molecule has 0 heterocycles. The predicted octanol–water partition coefficient (Wildman–Crippen LogP) is 4.05. The molecule has 0 aliphatic heterocycles. The molecule has 1 aromatic carbocycles. The normalized spacial score (nSPS) is 16.7. The predicted molar refractivity (Wildman–Crippen MR) is 77.2 cm³/mol. The summed E-state index contributed by atoms with van der Waals surface area (Å²) in [6, 6.07) is 5.59. The van der Waals surface area contributed by atoms with Gasteiger partial charge in [-0.15, -0.1) is 13.2 Å². The van der Waals surface area contributed by atoms with Crippen LogP contribution in [0.25, 0.3) is 6.08 Å². The molecule has 0 radical (unpaired) electrons. The van der Waals surface area contributed by atoms with Gasteiger partial charge in [0, 0.05) is 12.1 Å². The van der Waals surface area contributed by atoms with Crippen molar-refractivity contribution in [3.8, 4) is 5.75 Å². The van der Waals surface area contributed by atoms with Gasteiger partial charge in [0.1, 0.15) is 5.75 Å². The Morgan fingerprint density at radius 1 is 1.14 bits per heavy atom. The van der Waals surface area contributed by atoms with Crippen LogP contribution in [0.15, 0.2) is 30.3 Å². The highest BCUT2D eigenvalue weighted by Crippen LogP contribution is 2.23. The molecule has 6 heteroatoms. The van der Waals surface area contributed by atoms with Gasteiger partial charge in [0.15, 0.2) is 0 Å². The van der Waals surface area contributed by atoms with Crippen LogP contribution in [0.1, 0.15) is 37.7 Å². The maximum absolute atomic E-state index is 12.0. The zero-order chi connectivity index (χ0) is 16.0. The van der Waals surface area contributed by atoms with E-state index >= 15 is 0 Å². The van der Waals surface area contributed by atoms with E-state index < -0.39 is 6.36 Å². The Hall–Kier alpha value is -1.98. The van der Waals surface area contributed by atoms with Gasteiger partial charge in [0.25, 0.3) is 0 Å². The molecule has 1 fully saturated rings. The summed E-state index contributed by atoms with van der Waals surface area (Å²) in [5.74, 6) is -0.459. The zero-order valence-electron chi connectivity index (χ0n) is 12.0. The number of nitrogens with one attached hydrogen (secondary N) is 1. The molecule has 120 valence electrons. The monoisotopic (exact) mass is 313 g/mol. The molecule has 0 unspecified atom stereocenters. The van der Waals surface area contributed by atoms with Gasteiger partial charge in [-0.3, -0.25) is 4.79 Å². The van der Waals surface area contributed by atoms with E-state index in [-0.39, 0.29) is 17.7 Å². The number of ether oxygens (including phenoxy) is 1. The van der Waals surface area contributed by atoms with Crippen LogP contribution in [0.3, 0.4) is 0 Å². The number of carbonyl (C=O) groups excluding carboxylic acids is 1. The number of alkyl halides is 3. The first kappa shape index (κ1) is 16.4. The van der Waals surface area contributed by atoms with Crippen LogP contribution < -0.4 is 10.1 Å². The van der Waals surface area contributed by atoms with E-state index in [0.717, 1.165) is 25.7 Å². The summed E-state index contributed by atoms with van der Waals surface area (Å²) < 4.78 is 39.9. The van der Waals surface area contributed by atoms with E-state index in [4.69, 9.17) is 0 Å². The van der Waals surface area contributed by atoms with Gasteiger partial charge >= 0.3 is 6.36 Å². The lowest BCUT2D eigenvalue weighted by Crippen LogP contribution is -2.34. The van der Waals surface area contributed by atoms with Gasteiger partial charge in [-0.25, -0.2) is 0 Å². The summed E-state index contributed by atoms with van der Waals surface area (Å²) in [7, 11) is 0. The van der Waals surface area contributed by atoms with Crippen LogP contribution in [-0.4, -0.2) is 18.3 Å². The standard InChI is InChI=1S/C16H18F3NO2/c17-16(18,19)22-14-9-6-12(7-10-14)8-11-15(21)20-13-4-2-1-3-5-13/h6-11,13H,1-5H2,(H,20,21)/b11-8+. The van der Waals surface area contributed by atoms with E-state index in [1.165, 1.54) is 36.8 Å². The molecule has 0 spiro atoms. The quantitative estimate of drug-likeness (QED) is 0.852. The van der Waals surface area contributed by atoms with E-state index in [9.17, 15) is 18.0 Å². The summed E-state index contributed by atoms with van der Waals surface area (Å²) >= 11 is 0. The Labute approximate surface area is 127 Å². The van der Waals surface area contributed by atoms with Gasteiger partial charge < -0.3 is 10.1 Å². The summed E-state index contributed by atoms with van der Waals surface area (Å²) in [5.41, 5.74) is 0.633. The minimum atomic E-state index is -4.70. The van der Waals surface area contributed by atoms with Gasteiger partial charge in [-0.2, -0.15) is 0 Å². The van der Waals surface area contributed by atoms with Crippen LogP contribution in [0, 0.1) is 0 Å². The molecular formula is C16H18F3NO2. The number of benzene rings is 1. The van der Waals surface area contributed by atoms with Crippen LogP contribution in [0.5, 0.6) is 5.75 Å². The Balaban J connectivity index is 1.85. The number of hydrogen-bond acceptors (Lipinski definition) is 2. The smallest absolute Gasteiger partial charge is 0.406 e. The second kappa shape index (κ2) is 7.33. The second-order valence-electron chi connectivity index (χ2n) is 5.29. The zero-order valence-corrected chi connectivity index (χ0v) is 12.0. The largest absolute Gasteiger partial charge is 0.573 e. The molecule has 1 aliphatic rings. The second-order valence-corrected chi connectivity index (χ2v) is 5.29. The molecule has 0 aromatic heterocycles. The molecule has 1 aromatic rings. The molecule has 1 aliphatic carbocycles. The van der Waals surface area contributed by atoms with Crippen LogP contribution in [-0.2, 0) is 4.79 Å². The number of hydrogen-bond donors (Lipinski definition) is 1. The fourth-order valence-corrected chi connectivity index (χ4v) is 2.45. The molecule has 3 nitrogen and oxygen atoms in total. The van der Waals surface area contributed by atoms with Crippen molar-refractivity contribution in [2.45, 2.75) is 44.5 Å². The lowest BCUT2D eigenvalue weighted by atomic mass is 9.95. The van der Waals surface area contributed by atoms with Gasteiger partial charge in [-0.05, 0) is 36.6 Å². The Morgan fingerprint density at radius 3 is 2.36 bits per heavy atom. The minimum absolute atomic E-state index is 0.178. The van der Waals surface area contributed by atoms with Crippen molar-refractivity contribution in [1.82, 2.24) is 5.32 Å². The SMILES string of the molecule is O=C(/C=C/c1ccc(OC(F)(F)F)cc1)NC1CCCCC1. The fourth-order valence-electron chi connectivity index (χ4n) is 2.45. The molecule has 2 rings (SSSR count). The first-order valence-electron chi connectivity index (χ1n) is 7.27. The third kappa shape index (κ3) is 5.79. The molecule has 1 amide bonds. The summed E-state index contributed by atoms with van der Waals surface area (Å²) in [6.45, 7) is 0. The van der Waals surface area contributed by atoms with Crippen LogP contribution >= 0.6 is 0 Å². The van der Waals surface area contributed by atoms with Crippen molar-refractivity contribution >= 4 is 12.0 Å². The summed E-state index contributed by atoms with van der Waals surface area (Å²) in [5, 5.41) is 2.93. The average Bonchev–Trinajstić information content (AvgIpc) is 2.46. The third-order valence-electron chi connectivity index (χ3n) is 3.49. The Bertz CT molecular complexity index is 517. The summed E-state index contributed by atoms with van der Waals surface area (Å²) in [6.07, 6.45) is 3.76. The maximum Gasteiger partial charge on any atom is 0.573 e. The van der Waals surface area contributed by atoms with Gasteiger partial charge in [0.2, 0.25) is 5.91 Å². The first-order valence-corrected chi connectivity index (χ1v) is 7.27. The molecule has 1 saturated carbocycles. The molecular weight excluding hydrogens is 295 g/mol. The third-order valence-corrected chi connectivity index (χ3v) is 3.49. The minimum Gasteiger partial charge on any atom is -0.406 e. The highest BCUT2D eigenvalue weighted by molar-refractivity contribution is 5.91. The molecule has 0 saturated heterocycles. The van der Waals surface area contributed by atoms with Crippen molar-refractivity contribution in [2.24, 2.45) is 0 Å². The van der Waals surface area contributed by atoms with Crippen molar-refractivity contribution in [1.29, 1.82) is 0 Å². The van der Waals surface area contributed by atoms with Crippen molar-refractivity contribution in [3.63, 3.8) is 0 Å². The number of carbonyl (C=O) groups is 1. The average molecular weight is 313 g/mol. The number of rotatable bonds is 4. The highest BCUT2D eigenvalue weighted by Gasteiger charge is 2.30. The molecule has 22 heavy (non-hydrogen) atoms. The topological polar surface area (TPSA) is 38.3 Å². The van der Waals surface area contributed by atoms with E-state index in [0.29, 0.717) is 5.56 Å². The Kier molecular flexibility index (Phi) is 5.46. The van der Waals surface area contributed by atoms with E-state index in [2.05, 4.69) is 10.1 Å². The fraction of sp³-hybridized carbons (Fsp3) is 0.438. The van der Waals surface area contributed by atoms with E-state index in [1.54, 1.807) is 6.08 Å². The van der Waals surface area contributed by atoms with Gasteiger partial charge in [0.05, 0.1) is 0 Å². The molecule has 0 atom stereocenters. The lowest BCUT2D eigenvalue weighted by Gasteiger charge is -2.21. The maximum atomic E-state index is 12.0. The lowest BCUT2D eigenvalue weighted by molar-refractivity contribution is -0.274. The number of halogens is 3. The van der Waals surface area contributed by atoms with Crippen molar-refractivity contribution < 1.29 is 22.7 Å². The first-order chi connectivity index (χ1) is 10.4. The van der Waals surface area contributed by atoms with Crippen LogP contribution in [0.2, 0.25) is 0 Å². The molecule has 0 bridgehead atoms. The van der Waals surface area contributed by atoms with Gasteiger partial charge in [-0.1, -0.05) is 31.4 Å².